The molecule has 12 nitrogen and oxygen atoms in total. The van der Waals surface area contributed by atoms with Crippen LogP contribution in [0.1, 0.15) is 33.6 Å². The molecule has 2 N–H and O–H groups in total. The van der Waals surface area contributed by atoms with Crippen LogP contribution in [0.2, 0.25) is 0 Å². The number of hydrogen-bond acceptors (Lipinski definition) is 7. The average molecular weight is 416 g/mol. The third kappa shape index (κ3) is 6.19. The second kappa shape index (κ2) is 8.49. The summed E-state index contributed by atoms with van der Waals surface area (Å²) >= 11 is 0. The predicted molar refractivity (Wildman–Crippen MR) is 83.1 cm³/mol. The fraction of sp³-hybridized carbons (Fsp3) is 0.769. The van der Waals surface area contributed by atoms with Crippen molar-refractivity contribution in [3.05, 3.63) is 0 Å². The zero-order chi connectivity index (χ0) is 19.9. The number of carbonyl (C=O) groups is 3. The van der Waals surface area contributed by atoms with Crippen LogP contribution >= 0.6 is 0 Å². The molecule has 2 atom stereocenters. The van der Waals surface area contributed by atoms with E-state index < -0.39 is 45.9 Å². The van der Waals surface area contributed by atoms with Gasteiger partial charge in [0.15, 0.2) is 6.09 Å². The van der Waals surface area contributed by atoms with Crippen LogP contribution in [-0.4, -0.2) is 71.1 Å². The minimum Gasteiger partial charge on any atom is -0.529 e. The molecule has 0 saturated carbocycles. The molecule has 0 spiro atoms. The number of fused-ring (bicyclic) bond motifs is 2. The van der Waals surface area contributed by atoms with E-state index in [2.05, 4.69) is 9.71 Å². The molecule has 0 aliphatic carbocycles. The first-order chi connectivity index (χ1) is 11.8. The van der Waals surface area contributed by atoms with E-state index in [-0.39, 0.29) is 55.5 Å². The van der Waals surface area contributed by atoms with Gasteiger partial charge in [-0.3, -0.25) is 19.8 Å². The van der Waals surface area contributed by atoms with Crippen LogP contribution < -0.4 is 40.1 Å². The number of piperidine rings is 1. The molecule has 27 heavy (non-hydrogen) atoms. The monoisotopic (exact) mass is 416 g/mol. The van der Waals surface area contributed by atoms with Crippen LogP contribution in [0.15, 0.2) is 0 Å². The van der Waals surface area contributed by atoms with E-state index in [4.69, 9.17) is 4.55 Å². The van der Waals surface area contributed by atoms with Crippen molar-refractivity contribution in [1.82, 2.24) is 20.4 Å². The Kier molecular flexibility index (Phi) is 7.52. The van der Waals surface area contributed by atoms with Gasteiger partial charge < -0.3 is 14.8 Å². The molecule has 148 valence electrons. The van der Waals surface area contributed by atoms with E-state index in [1.54, 1.807) is 20.8 Å². The van der Waals surface area contributed by atoms with E-state index in [1.807, 2.05) is 0 Å². The number of rotatable bonds is 4. The van der Waals surface area contributed by atoms with Gasteiger partial charge in [-0.1, -0.05) is 20.8 Å². The van der Waals surface area contributed by atoms with Crippen molar-refractivity contribution >= 4 is 28.4 Å². The molecular weight excluding hydrogens is 395 g/mol. The molecule has 2 rings (SSSR count). The van der Waals surface area contributed by atoms with Gasteiger partial charge in [0.05, 0.1) is 6.04 Å². The molecule has 2 heterocycles. The average Bonchev–Trinajstić information content (AvgIpc) is 2.69. The third-order valence-corrected chi connectivity index (χ3v) is 4.25. The fourth-order valence-electron chi connectivity index (χ4n) is 2.94. The van der Waals surface area contributed by atoms with E-state index in [0.717, 1.165) is 4.90 Å². The molecule has 14 heteroatoms. The van der Waals surface area contributed by atoms with Crippen LogP contribution in [0.4, 0.5) is 9.59 Å². The van der Waals surface area contributed by atoms with Crippen LogP contribution in [0.25, 0.3) is 0 Å². The standard InChI is InChI=1S/C13H22N4O8S.Na/c1-13(2,3)7-16(12(20)21)14-10(18)9-5-4-8-6-15(9)11(19)17(8)25-26(22,23)24;/h8-9H,4-7H2,1-3H3,(H,14,18)(H,20,21)(H,22,23,24);/q;+1/p-1/t8-,9+;/m1./s1. The summed E-state index contributed by atoms with van der Waals surface area (Å²) in [5.74, 6) is -0.737. The Hall–Kier alpha value is -1.12. The number of urea groups is 1. The number of hydroxylamine groups is 2. The first kappa shape index (κ1) is 23.9. The van der Waals surface area contributed by atoms with Crippen molar-refractivity contribution in [2.75, 3.05) is 13.1 Å². The number of carbonyl (C=O) groups excluding carboxylic acids is 3. The van der Waals surface area contributed by atoms with Gasteiger partial charge in [-0.25, -0.2) is 4.79 Å². The molecule has 0 unspecified atom stereocenters. The predicted octanol–water partition coefficient (Wildman–Crippen LogP) is -4.28. The van der Waals surface area contributed by atoms with Crippen molar-refractivity contribution in [2.24, 2.45) is 5.41 Å². The van der Waals surface area contributed by atoms with Crippen LogP contribution in [0.3, 0.4) is 0 Å². The maximum atomic E-state index is 12.5. The van der Waals surface area contributed by atoms with Crippen LogP contribution in [0, 0.1) is 5.41 Å². The molecule has 4 amide bonds. The molecule has 0 radical (unpaired) electrons. The second-order valence-electron chi connectivity index (χ2n) is 7.40. The minimum absolute atomic E-state index is 0. The van der Waals surface area contributed by atoms with E-state index in [1.165, 1.54) is 0 Å². The Bertz CT molecular complexity index is 710. The number of carboxylic acid groups (broad SMARTS) is 1. The number of hydrogen-bond donors (Lipinski definition) is 2. The summed E-state index contributed by atoms with van der Waals surface area (Å²) in [5.41, 5.74) is 1.77. The zero-order valence-electron chi connectivity index (χ0n) is 15.5. The maximum Gasteiger partial charge on any atom is 1.00 e. The van der Waals surface area contributed by atoms with Gasteiger partial charge in [-0.2, -0.15) is 13.5 Å². The summed E-state index contributed by atoms with van der Waals surface area (Å²) in [6.07, 6.45) is -1.18. The van der Waals surface area contributed by atoms with Gasteiger partial charge >= 0.3 is 46.0 Å². The molecule has 2 aliphatic rings. The van der Waals surface area contributed by atoms with Crippen molar-refractivity contribution in [2.45, 2.75) is 45.7 Å². The molecule has 2 saturated heterocycles. The minimum atomic E-state index is -4.88. The van der Waals surface area contributed by atoms with Crippen molar-refractivity contribution in [1.29, 1.82) is 0 Å². The number of nitrogens with one attached hydrogen (secondary N) is 1. The summed E-state index contributed by atoms with van der Waals surface area (Å²) in [6.45, 7) is 5.30. The van der Waals surface area contributed by atoms with Crippen molar-refractivity contribution in [3.8, 4) is 0 Å². The normalized spacial score (nSPS) is 22.3. The molecule has 0 aromatic rings. The summed E-state index contributed by atoms with van der Waals surface area (Å²) in [6, 6.07) is -2.54. The first-order valence-electron chi connectivity index (χ1n) is 7.84. The van der Waals surface area contributed by atoms with E-state index in [9.17, 15) is 27.9 Å². The maximum absolute atomic E-state index is 12.5. The van der Waals surface area contributed by atoms with Gasteiger partial charge in [-0.05, 0) is 18.3 Å². The second-order valence-corrected chi connectivity index (χ2v) is 8.40. The summed E-state index contributed by atoms with van der Waals surface area (Å²) in [4.78, 5) is 37.0. The Labute approximate surface area is 179 Å². The molecule has 0 aromatic heterocycles. The number of hydrazine groups is 1. The Morgan fingerprint density at radius 1 is 1.37 bits per heavy atom. The van der Waals surface area contributed by atoms with Gasteiger partial charge in [-0.15, -0.1) is 4.28 Å². The van der Waals surface area contributed by atoms with E-state index >= 15 is 0 Å². The molecular formula is C13H21N4NaO8S. The van der Waals surface area contributed by atoms with Gasteiger partial charge in [0.25, 0.3) is 5.91 Å². The largest absolute Gasteiger partial charge is 1.00 e. The van der Waals surface area contributed by atoms with E-state index in [0.29, 0.717) is 10.1 Å². The van der Waals surface area contributed by atoms with Crippen molar-refractivity contribution in [3.63, 3.8) is 0 Å². The van der Waals surface area contributed by atoms with Crippen LogP contribution in [-0.2, 0) is 19.5 Å². The Balaban J connectivity index is 0.00000364. The first-order valence-corrected chi connectivity index (χ1v) is 9.21. The molecule has 0 aromatic carbocycles. The smallest absolute Gasteiger partial charge is 0.529 e. The number of nitrogens with zero attached hydrogens (tertiary/aromatic N) is 3. The van der Waals surface area contributed by atoms with Gasteiger partial charge in [0, 0.05) is 13.1 Å². The van der Waals surface area contributed by atoms with Crippen LogP contribution in [0.5, 0.6) is 0 Å². The summed E-state index contributed by atoms with van der Waals surface area (Å²) < 4.78 is 34.7. The third-order valence-electron chi connectivity index (χ3n) is 3.90. The Morgan fingerprint density at radius 3 is 2.44 bits per heavy atom. The van der Waals surface area contributed by atoms with Gasteiger partial charge in [0.2, 0.25) is 0 Å². The molecule has 2 bridgehead atoms. The topological polar surface area (TPSA) is 160 Å². The SMILES string of the molecule is CC(C)(C)CN(NC(=O)[C@@H]1CC[C@@H]2CN1C(=O)N2OS(=O)(=O)O)C(=O)[O-].[Na+]. The van der Waals surface area contributed by atoms with Crippen molar-refractivity contribution < 1.29 is 66.3 Å². The quantitative estimate of drug-likeness (QED) is 0.265. The summed E-state index contributed by atoms with van der Waals surface area (Å²) in [7, 11) is -4.88. The number of amides is 4. The summed E-state index contributed by atoms with van der Waals surface area (Å²) in [5, 5.41) is 12.4. The fourth-order valence-corrected chi connectivity index (χ4v) is 3.32. The Morgan fingerprint density at radius 2 is 1.96 bits per heavy atom. The molecule has 2 aliphatic heterocycles. The zero-order valence-corrected chi connectivity index (χ0v) is 18.4. The molecule has 2 fully saturated rings. The van der Waals surface area contributed by atoms with Gasteiger partial charge in [0.1, 0.15) is 6.04 Å².